The number of rotatable bonds is 7. The number of carbonyl (C=O) groups excluding carboxylic acids is 1. The normalized spacial score (nSPS) is 20.3. The van der Waals surface area contributed by atoms with E-state index in [2.05, 4.69) is 117 Å². The van der Waals surface area contributed by atoms with Crippen LogP contribution in [0.3, 0.4) is 0 Å². The number of benzene rings is 3. The topological polar surface area (TPSA) is 47.6 Å². The highest BCUT2D eigenvalue weighted by Gasteiger charge is 2.52. The van der Waals surface area contributed by atoms with Gasteiger partial charge in [0.1, 0.15) is 5.60 Å². The lowest BCUT2D eigenvalue weighted by atomic mass is 9.80. The second kappa shape index (κ2) is 12.1. The molecular weight excluding hydrogens is 498 g/mol. The van der Waals surface area contributed by atoms with Crippen molar-refractivity contribution in [3.05, 3.63) is 96.6 Å². The van der Waals surface area contributed by atoms with Crippen molar-refractivity contribution in [2.75, 3.05) is 0 Å². The molecule has 0 spiro atoms. The highest BCUT2D eigenvalue weighted by Crippen LogP contribution is 2.41. The van der Waals surface area contributed by atoms with Crippen LogP contribution >= 0.6 is 0 Å². The summed E-state index contributed by atoms with van der Waals surface area (Å²) >= 11 is 0. The molecule has 1 fully saturated rings. The fourth-order valence-corrected chi connectivity index (χ4v) is 10.8. The molecule has 0 unspecified atom stereocenters. The van der Waals surface area contributed by atoms with Crippen molar-refractivity contribution < 1.29 is 14.0 Å². The first kappa shape index (κ1) is 29.1. The molecule has 0 aliphatic heterocycles. The summed E-state index contributed by atoms with van der Waals surface area (Å²) in [5.74, 6) is 0.266. The standard InChI is InChI=1S/C34H45NO3Si/c1-33(2,3)37-32(36)35-28-22-23-31(27(25-28)24-26-16-10-7-11-17-26)38-39(34(4,5)6,29-18-12-8-13-19-29)30-20-14-9-15-21-30/h7-21,27-28,31H,22-25H2,1-6H3,(H,35,36)/t27-,28+,31-/m0/s1. The first-order valence-electron chi connectivity index (χ1n) is 14.3. The van der Waals surface area contributed by atoms with Crippen LogP contribution < -0.4 is 15.7 Å². The average Bonchev–Trinajstić information content (AvgIpc) is 2.88. The van der Waals surface area contributed by atoms with Crippen LogP contribution in [-0.4, -0.2) is 32.2 Å². The molecule has 3 aromatic rings. The fraction of sp³-hybridized carbons (Fsp3) is 0.441. The minimum absolute atomic E-state index is 0.0626. The molecule has 208 valence electrons. The van der Waals surface area contributed by atoms with E-state index in [0.717, 1.165) is 25.7 Å². The smallest absolute Gasteiger partial charge is 0.407 e. The minimum Gasteiger partial charge on any atom is -0.444 e. The van der Waals surface area contributed by atoms with Crippen LogP contribution in [0.25, 0.3) is 0 Å². The van der Waals surface area contributed by atoms with Gasteiger partial charge in [-0.05, 0) is 73.3 Å². The maximum atomic E-state index is 12.6. The molecule has 0 aromatic heterocycles. The fourth-order valence-electron chi connectivity index (χ4n) is 6.05. The number of hydrogen-bond donors (Lipinski definition) is 1. The molecular formula is C34H45NO3Si. The number of alkyl carbamates (subject to hydrolysis) is 1. The lowest BCUT2D eigenvalue weighted by molar-refractivity contribution is 0.0391. The molecule has 3 aromatic carbocycles. The summed E-state index contributed by atoms with van der Waals surface area (Å²) in [4.78, 5) is 12.6. The van der Waals surface area contributed by atoms with Crippen LogP contribution in [0.1, 0.15) is 66.4 Å². The zero-order valence-electron chi connectivity index (χ0n) is 24.4. The molecule has 5 heteroatoms. The number of ether oxygens (including phenoxy) is 1. The number of carbonyl (C=O) groups is 1. The third kappa shape index (κ3) is 7.20. The van der Waals surface area contributed by atoms with Gasteiger partial charge in [0.25, 0.3) is 8.32 Å². The maximum Gasteiger partial charge on any atom is 0.407 e. The van der Waals surface area contributed by atoms with E-state index in [1.165, 1.54) is 15.9 Å². The summed E-state index contributed by atoms with van der Waals surface area (Å²) in [6.07, 6.45) is 3.27. The summed E-state index contributed by atoms with van der Waals surface area (Å²) in [5, 5.41) is 5.68. The van der Waals surface area contributed by atoms with E-state index in [1.54, 1.807) is 0 Å². The maximum absolute atomic E-state index is 12.6. The Balaban J connectivity index is 1.69. The number of hydrogen-bond acceptors (Lipinski definition) is 3. The lowest BCUT2D eigenvalue weighted by Crippen LogP contribution is -2.68. The molecule has 1 aliphatic carbocycles. The number of amides is 1. The van der Waals surface area contributed by atoms with E-state index in [4.69, 9.17) is 9.16 Å². The van der Waals surface area contributed by atoms with Gasteiger partial charge in [0.05, 0.1) is 0 Å². The summed E-state index contributed by atoms with van der Waals surface area (Å²) in [7, 11) is -2.69. The second-order valence-corrected chi connectivity index (χ2v) is 17.2. The first-order valence-corrected chi connectivity index (χ1v) is 16.2. The van der Waals surface area contributed by atoms with Gasteiger partial charge in [-0.3, -0.25) is 0 Å². The predicted molar refractivity (Wildman–Crippen MR) is 163 cm³/mol. The molecule has 3 atom stereocenters. The Morgan fingerprint density at radius 1 is 0.795 bits per heavy atom. The van der Waals surface area contributed by atoms with E-state index in [0.29, 0.717) is 0 Å². The Morgan fingerprint density at radius 3 is 1.79 bits per heavy atom. The minimum atomic E-state index is -2.69. The lowest BCUT2D eigenvalue weighted by Gasteiger charge is -2.48. The van der Waals surface area contributed by atoms with Crippen LogP contribution in [0.2, 0.25) is 5.04 Å². The summed E-state index contributed by atoms with van der Waals surface area (Å²) in [5.41, 5.74) is 0.786. The van der Waals surface area contributed by atoms with E-state index >= 15 is 0 Å². The van der Waals surface area contributed by atoms with Crippen molar-refractivity contribution in [3.63, 3.8) is 0 Å². The van der Waals surface area contributed by atoms with Crippen molar-refractivity contribution in [2.24, 2.45) is 5.92 Å². The van der Waals surface area contributed by atoms with E-state index in [-0.39, 0.29) is 29.2 Å². The molecule has 0 saturated heterocycles. The monoisotopic (exact) mass is 543 g/mol. The molecule has 1 amide bonds. The van der Waals surface area contributed by atoms with Crippen molar-refractivity contribution >= 4 is 24.8 Å². The largest absolute Gasteiger partial charge is 0.444 e. The molecule has 0 radical (unpaired) electrons. The Labute approximate surface area is 236 Å². The van der Waals surface area contributed by atoms with Crippen LogP contribution in [0, 0.1) is 5.92 Å². The zero-order valence-corrected chi connectivity index (χ0v) is 25.4. The predicted octanol–water partition coefficient (Wildman–Crippen LogP) is 6.87. The molecule has 1 aliphatic rings. The van der Waals surface area contributed by atoms with Crippen molar-refractivity contribution in [1.82, 2.24) is 5.32 Å². The number of nitrogens with one attached hydrogen (secondary N) is 1. The quantitative estimate of drug-likeness (QED) is 0.331. The van der Waals surface area contributed by atoms with Gasteiger partial charge < -0.3 is 14.5 Å². The average molecular weight is 544 g/mol. The van der Waals surface area contributed by atoms with Gasteiger partial charge in [0.15, 0.2) is 0 Å². The molecule has 0 heterocycles. The van der Waals surface area contributed by atoms with Crippen molar-refractivity contribution in [2.45, 2.75) is 90.0 Å². The highest BCUT2D eigenvalue weighted by molar-refractivity contribution is 6.99. The Hall–Kier alpha value is -2.89. The Kier molecular flexibility index (Phi) is 9.02. The molecule has 39 heavy (non-hydrogen) atoms. The molecule has 1 saturated carbocycles. The Morgan fingerprint density at radius 2 is 1.31 bits per heavy atom. The first-order chi connectivity index (χ1) is 18.5. The van der Waals surface area contributed by atoms with Gasteiger partial charge in [-0.2, -0.15) is 0 Å². The van der Waals surface area contributed by atoms with Gasteiger partial charge in [0, 0.05) is 12.1 Å². The third-order valence-corrected chi connectivity index (χ3v) is 12.8. The van der Waals surface area contributed by atoms with Gasteiger partial charge in [-0.1, -0.05) is 112 Å². The SMILES string of the molecule is CC(C)(C)OC(=O)N[C@@H]1CC[C@H](O[Si](c2ccccc2)(c2ccccc2)C(C)(C)C)[C@@H](Cc2ccccc2)C1. The van der Waals surface area contributed by atoms with Crippen LogP contribution in [-0.2, 0) is 15.6 Å². The molecule has 4 nitrogen and oxygen atoms in total. The molecule has 0 bridgehead atoms. The summed E-state index contributed by atoms with van der Waals surface area (Å²) in [6, 6.07) is 32.5. The van der Waals surface area contributed by atoms with Crippen molar-refractivity contribution in [1.29, 1.82) is 0 Å². The highest BCUT2D eigenvalue weighted by atomic mass is 28.4. The van der Waals surface area contributed by atoms with E-state index in [9.17, 15) is 4.79 Å². The van der Waals surface area contributed by atoms with E-state index < -0.39 is 13.9 Å². The van der Waals surface area contributed by atoms with Crippen LogP contribution in [0.15, 0.2) is 91.0 Å². The van der Waals surface area contributed by atoms with Gasteiger partial charge in [-0.15, -0.1) is 0 Å². The van der Waals surface area contributed by atoms with E-state index in [1.807, 2.05) is 20.8 Å². The van der Waals surface area contributed by atoms with Crippen LogP contribution in [0.5, 0.6) is 0 Å². The van der Waals surface area contributed by atoms with Gasteiger partial charge >= 0.3 is 6.09 Å². The Bertz CT molecular complexity index is 1150. The second-order valence-electron chi connectivity index (χ2n) is 12.9. The molecule has 4 rings (SSSR count). The van der Waals surface area contributed by atoms with Gasteiger partial charge in [-0.25, -0.2) is 4.79 Å². The van der Waals surface area contributed by atoms with Crippen LogP contribution in [0.4, 0.5) is 4.79 Å². The zero-order chi connectivity index (χ0) is 28.1. The third-order valence-electron chi connectivity index (χ3n) is 7.72. The van der Waals surface area contributed by atoms with Gasteiger partial charge in [0.2, 0.25) is 0 Å². The molecule has 1 N–H and O–H groups in total. The summed E-state index contributed by atoms with van der Waals surface area (Å²) < 4.78 is 13.2. The van der Waals surface area contributed by atoms with Crippen molar-refractivity contribution in [3.8, 4) is 0 Å². The summed E-state index contributed by atoms with van der Waals surface area (Å²) in [6.45, 7) is 12.7.